The van der Waals surface area contributed by atoms with E-state index >= 15 is 0 Å². The predicted octanol–water partition coefficient (Wildman–Crippen LogP) is 3.79. The number of hydrogen-bond donors (Lipinski definition) is 1. The van der Waals surface area contributed by atoms with E-state index in [-0.39, 0.29) is 0 Å². The lowest BCUT2D eigenvalue weighted by atomic mass is 9.90. The molecule has 0 heterocycles. The molecule has 0 saturated carbocycles. The van der Waals surface area contributed by atoms with Crippen LogP contribution in [0, 0.1) is 5.41 Å². The molecule has 19 heavy (non-hydrogen) atoms. The third kappa shape index (κ3) is 4.43. The Kier molecular flexibility index (Phi) is 5.67. The minimum Gasteiger partial charge on any atom is -0.493 e. The Balaban J connectivity index is 2.74. The molecule has 1 rings (SSSR count). The largest absolute Gasteiger partial charge is 0.493 e. The molecule has 3 nitrogen and oxygen atoms in total. The summed E-state index contributed by atoms with van der Waals surface area (Å²) in [6.07, 6.45) is 1.17. The van der Waals surface area contributed by atoms with Crippen LogP contribution in [0.1, 0.15) is 45.7 Å². The molecule has 1 aromatic carbocycles. The highest BCUT2D eigenvalue weighted by molar-refractivity contribution is 5.43. The molecule has 0 spiro atoms. The molecule has 0 aliphatic carbocycles. The summed E-state index contributed by atoms with van der Waals surface area (Å²) in [4.78, 5) is 0. The molecule has 0 aliphatic rings. The van der Waals surface area contributed by atoms with E-state index in [1.165, 1.54) is 12.0 Å². The smallest absolute Gasteiger partial charge is 0.161 e. The SMILES string of the molecule is CCC(C)(C)CNC(C)c1ccc(OC)c(OC)c1. The highest BCUT2D eigenvalue weighted by Crippen LogP contribution is 2.30. The number of ether oxygens (including phenoxy) is 2. The second kappa shape index (κ2) is 6.80. The zero-order chi connectivity index (χ0) is 14.5. The van der Waals surface area contributed by atoms with Gasteiger partial charge in [-0.1, -0.05) is 26.8 Å². The zero-order valence-corrected chi connectivity index (χ0v) is 13.0. The van der Waals surface area contributed by atoms with Crippen LogP contribution in [0.3, 0.4) is 0 Å². The van der Waals surface area contributed by atoms with Crippen molar-refractivity contribution in [3.05, 3.63) is 23.8 Å². The molecule has 1 aromatic rings. The lowest BCUT2D eigenvalue weighted by Crippen LogP contribution is -2.30. The fourth-order valence-corrected chi connectivity index (χ4v) is 1.79. The van der Waals surface area contributed by atoms with Crippen molar-refractivity contribution in [2.45, 2.75) is 40.2 Å². The Morgan fingerprint density at radius 2 is 1.79 bits per heavy atom. The van der Waals surface area contributed by atoms with Crippen LogP contribution in [-0.4, -0.2) is 20.8 Å². The first kappa shape index (κ1) is 15.8. The highest BCUT2D eigenvalue weighted by Gasteiger charge is 2.17. The van der Waals surface area contributed by atoms with Crippen molar-refractivity contribution in [1.29, 1.82) is 0 Å². The standard InChI is InChI=1S/C16H27NO2/c1-7-16(3,4)11-17-12(2)13-8-9-14(18-5)15(10-13)19-6/h8-10,12,17H,7,11H2,1-6H3. The molecule has 0 radical (unpaired) electrons. The Morgan fingerprint density at radius 1 is 1.16 bits per heavy atom. The third-order valence-electron chi connectivity index (χ3n) is 3.75. The molecular formula is C16H27NO2. The van der Waals surface area contributed by atoms with Crippen LogP contribution in [-0.2, 0) is 0 Å². The maximum atomic E-state index is 5.34. The van der Waals surface area contributed by atoms with Gasteiger partial charge in [0.1, 0.15) is 0 Å². The molecule has 0 aliphatic heterocycles. The average Bonchev–Trinajstić information content (AvgIpc) is 2.44. The number of methoxy groups -OCH3 is 2. The van der Waals surface area contributed by atoms with Gasteiger partial charge in [-0.2, -0.15) is 0 Å². The topological polar surface area (TPSA) is 30.5 Å². The van der Waals surface area contributed by atoms with Crippen molar-refractivity contribution in [3.8, 4) is 11.5 Å². The number of nitrogens with one attached hydrogen (secondary N) is 1. The molecular weight excluding hydrogens is 238 g/mol. The van der Waals surface area contributed by atoms with E-state index in [0.29, 0.717) is 11.5 Å². The van der Waals surface area contributed by atoms with Crippen molar-refractivity contribution >= 4 is 0 Å². The average molecular weight is 265 g/mol. The van der Waals surface area contributed by atoms with E-state index in [2.05, 4.69) is 39.1 Å². The number of hydrogen-bond acceptors (Lipinski definition) is 3. The van der Waals surface area contributed by atoms with Gasteiger partial charge < -0.3 is 14.8 Å². The van der Waals surface area contributed by atoms with Crippen molar-refractivity contribution in [3.63, 3.8) is 0 Å². The summed E-state index contributed by atoms with van der Waals surface area (Å²) in [6, 6.07) is 6.37. The maximum absolute atomic E-state index is 5.34. The summed E-state index contributed by atoms with van der Waals surface area (Å²) < 4.78 is 10.6. The predicted molar refractivity (Wildman–Crippen MR) is 80.0 cm³/mol. The van der Waals surface area contributed by atoms with E-state index in [9.17, 15) is 0 Å². The van der Waals surface area contributed by atoms with E-state index < -0.39 is 0 Å². The van der Waals surface area contributed by atoms with Gasteiger partial charge in [0, 0.05) is 12.6 Å². The van der Waals surface area contributed by atoms with Gasteiger partial charge >= 0.3 is 0 Å². The van der Waals surface area contributed by atoms with E-state index in [0.717, 1.165) is 18.0 Å². The summed E-state index contributed by atoms with van der Waals surface area (Å²) in [7, 11) is 3.32. The van der Waals surface area contributed by atoms with Gasteiger partial charge in [-0.15, -0.1) is 0 Å². The Hall–Kier alpha value is -1.22. The molecule has 1 unspecified atom stereocenters. The summed E-state index contributed by atoms with van der Waals surface area (Å²) >= 11 is 0. The maximum Gasteiger partial charge on any atom is 0.161 e. The lowest BCUT2D eigenvalue weighted by Gasteiger charge is -2.26. The summed E-state index contributed by atoms with van der Waals surface area (Å²) in [6.45, 7) is 9.96. The first-order valence-corrected chi connectivity index (χ1v) is 6.89. The second-order valence-corrected chi connectivity index (χ2v) is 5.73. The van der Waals surface area contributed by atoms with Crippen LogP contribution in [0.15, 0.2) is 18.2 Å². The minimum absolute atomic E-state index is 0.297. The van der Waals surface area contributed by atoms with Crippen molar-refractivity contribution in [2.24, 2.45) is 5.41 Å². The molecule has 0 fully saturated rings. The van der Waals surface area contributed by atoms with E-state index in [1.807, 2.05) is 12.1 Å². The van der Waals surface area contributed by atoms with Gasteiger partial charge in [0.2, 0.25) is 0 Å². The van der Waals surface area contributed by atoms with Crippen LogP contribution in [0.4, 0.5) is 0 Å². The van der Waals surface area contributed by atoms with Crippen molar-refractivity contribution in [1.82, 2.24) is 5.32 Å². The molecule has 1 N–H and O–H groups in total. The number of rotatable bonds is 7. The van der Waals surface area contributed by atoms with Crippen LogP contribution >= 0.6 is 0 Å². The normalized spacial score (nSPS) is 13.2. The highest BCUT2D eigenvalue weighted by atomic mass is 16.5. The van der Waals surface area contributed by atoms with Crippen LogP contribution in [0.5, 0.6) is 11.5 Å². The van der Waals surface area contributed by atoms with Crippen molar-refractivity contribution in [2.75, 3.05) is 20.8 Å². The summed E-state index contributed by atoms with van der Waals surface area (Å²) in [5, 5.41) is 3.58. The molecule has 0 saturated heterocycles. The molecule has 0 aromatic heterocycles. The van der Waals surface area contributed by atoms with Gasteiger partial charge in [0.15, 0.2) is 11.5 Å². The molecule has 3 heteroatoms. The third-order valence-corrected chi connectivity index (χ3v) is 3.75. The summed E-state index contributed by atoms with van der Waals surface area (Å²) in [5.74, 6) is 1.55. The molecule has 108 valence electrons. The van der Waals surface area contributed by atoms with Gasteiger partial charge in [-0.25, -0.2) is 0 Å². The lowest BCUT2D eigenvalue weighted by molar-refractivity contribution is 0.313. The minimum atomic E-state index is 0.297. The fourth-order valence-electron chi connectivity index (χ4n) is 1.79. The first-order valence-electron chi connectivity index (χ1n) is 6.89. The molecule has 0 bridgehead atoms. The Labute approximate surface area is 117 Å². The first-order chi connectivity index (χ1) is 8.93. The van der Waals surface area contributed by atoms with Crippen LogP contribution in [0.25, 0.3) is 0 Å². The quantitative estimate of drug-likeness (QED) is 0.813. The Bertz CT molecular complexity index is 402. The molecule has 0 amide bonds. The van der Waals surface area contributed by atoms with Gasteiger partial charge in [0.25, 0.3) is 0 Å². The van der Waals surface area contributed by atoms with Gasteiger partial charge in [0.05, 0.1) is 14.2 Å². The zero-order valence-electron chi connectivity index (χ0n) is 13.0. The second-order valence-electron chi connectivity index (χ2n) is 5.73. The van der Waals surface area contributed by atoms with E-state index in [1.54, 1.807) is 14.2 Å². The molecule has 1 atom stereocenters. The fraction of sp³-hybridized carbons (Fsp3) is 0.625. The van der Waals surface area contributed by atoms with Gasteiger partial charge in [-0.05, 0) is 36.5 Å². The van der Waals surface area contributed by atoms with Crippen LogP contribution in [0.2, 0.25) is 0 Å². The monoisotopic (exact) mass is 265 g/mol. The van der Waals surface area contributed by atoms with Gasteiger partial charge in [-0.3, -0.25) is 0 Å². The number of benzene rings is 1. The van der Waals surface area contributed by atoms with Crippen molar-refractivity contribution < 1.29 is 9.47 Å². The Morgan fingerprint density at radius 3 is 2.32 bits per heavy atom. The van der Waals surface area contributed by atoms with E-state index in [4.69, 9.17) is 9.47 Å². The summed E-state index contributed by atoms with van der Waals surface area (Å²) in [5.41, 5.74) is 1.54. The van der Waals surface area contributed by atoms with Crippen LogP contribution < -0.4 is 14.8 Å².